The van der Waals surface area contributed by atoms with Crippen molar-refractivity contribution >= 4 is 23.2 Å². The summed E-state index contributed by atoms with van der Waals surface area (Å²) in [7, 11) is 1.61. The molecule has 0 aromatic heterocycles. The van der Waals surface area contributed by atoms with Crippen molar-refractivity contribution in [3.8, 4) is 17.2 Å². The van der Waals surface area contributed by atoms with Crippen LogP contribution in [0.2, 0.25) is 5.02 Å². The molecular weight excluding hydrogens is 356 g/mol. The number of carbonyl (C=O) groups excluding carboxylic acids is 1. The SMILES string of the molecule is CCN(CC(=O)Nc1ccc(OC)cc1)Cc1cc(Cl)c2c(c1)OCO2. The molecule has 0 saturated heterocycles. The lowest BCUT2D eigenvalue weighted by Crippen LogP contribution is -2.32. The Morgan fingerprint density at radius 3 is 2.73 bits per heavy atom. The van der Waals surface area contributed by atoms with Crippen molar-refractivity contribution in [3.63, 3.8) is 0 Å². The van der Waals surface area contributed by atoms with Crippen molar-refractivity contribution in [1.82, 2.24) is 4.90 Å². The van der Waals surface area contributed by atoms with Gasteiger partial charge in [0.2, 0.25) is 12.7 Å². The number of carbonyl (C=O) groups is 1. The van der Waals surface area contributed by atoms with Gasteiger partial charge in [-0.25, -0.2) is 0 Å². The molecule has 3 rings (SSSR count). The molecule has 1 aliphatic rings. The monoisotopic (exact) mass is 376 g/mol. The smallest absolute Gasteiger partial charge is 0.238 e. The number of amides is 1. The number of benzene rings is 2. The maximum Gasteiger partial charge on any atom is 0.238 e. The van der Waals surface area contributed by atoms with Gasteiger partial charge in [-0.2, -0.15) is 0 Å². The van der Waals surface area contributed by atoms with E-state index in [4.69, 9.17) is 25.8 Å². The zero-order valence-electron chi connectivity index (χ0n) is 14.8. The van der Waals surface area contributed by atoms with Crippen LogP contribution >= 0.6 is 11.6 Å². The standard InChI is InChI=1S/C19H21ClN2O4/c1-3-22(10-13-8-16(20)19-17(9-13)25-12-26-19)11-18(23)21-14-4-6-15(24-2)7-5-14/h4-9H,3,10-12H2,1-2H3,(H,21,23). The van der Waals surface area contributed by atoms with Crippen LogP contribution in [-0.4, -0.2) is 37.8 Å². The number of nitrogens with zero attached hydrogens (tertiary/aromatic N) is 1. The fraction of sp³-hybridized carbons (Fsp3) is 0.316. The number of halogens is 1. The molecule has 1 amide bonds. The Kier molecular flexibility index (Phi) is 5.85. The number of hydrogen-bond donors (Lipinski definition) is 1. The van der Waals surface area contributed by atoms with Gasteiger partial charge < -0.3 is 19.5 Å². The topological polar surface area (TPSA) is 60.0 Å². The Hall–Kier alpha value is -2.44. The molecule has 0 spiro atoms. The number of ether oxygens (including phenoxy) is 3. The molecule has 0 unspecified atom stereocenters. The van der Waals surface area contributed by atoms with Crippen molar-refractivity contribution in [3.05, 3.63) is 47.0 Å². The van der Waals surface area contributed by atoms with E-state index >= 15 is 0 Å². The van der Waals surface area contributed by atoms with E-state index in [1.54, 1.807) is 7.11 Å². The number of likely N-dealkylation sites (N-methyl/N-ethyl adjacent to an activating group) is 1. The summed E-state index contributed by atoms with van der Waals surface area (Å²) in [4.78, 5) is 14.3. The predicted octanol–water partition coefficient (Wildman–Crippen LogP) is 3.54. The summed E-state index contributed by atoms with van der Waals surface area (Å²) < 4.78 is 15.8. The van der Waals surface area contributed by atoms with E-state index in [1.807, 2.05) is 48.2 Å². The lowest BCUT2D eigenvalue weighted by Gasteiger charge is -2.20. The van der Waals surface area contributed by atoms with Gasteiger partial charge in [-0.1, -0.05) is 18.5 Å². The maximum atomic E-state index is 12.3. The fourth-order valence-electron chi connectivity index (χ4n) is 2.73. The largest absolute Gasteiger partial charge is 0.497 e. The first-order valence-corrected chi connectivity index (χ1v) is 8.71. The summed E-state index contributed by atoms with van der Waals surface area (Å²) in [6.07, 6.45) is 0. The highest BCUT2D eigenvalue weighted by Crippen LogP contribution is 2.40. The van der Waals surface area contributed by atoms with Crippen LogP contribution in [0.1, 0.15) is 12.5 Å². The Morgan fingerprint density at radius 1 is 1.27 bits per heavy atom. The molecule has 1 heterocycles. The molecule has 0 radical (unpaired) electrons. The molecule has 0 atom stereocenters. The van der Waals surface area contributed by atoms with Crippen molar-refractivity contribution in [2.75, 3.05) is 32.3 Å². The molecule has 0 aliphatic carbocycles. The third-order valence-corrected chi connectivity index (χ3v) is 4.36. The Bertz CT molecular complexity index is 780. The van der Waals surface area contributed by atoms with Crippen LogP contribution in [0.4, 0.5) is 5.69 Å². The normalized spacial score (nSPS) is 12.3. The summed E-state index contributed by atoms with van der Waals surface area (Å²) in [6.45, 7) is 3.77. The third-order valence-electron chi connectivity index (χ3n) is 4.08. The molecule has 0 fully saturated rings. The highest BCUT2D eigenvalue weighted by Gasteiger charge is 2.19. The minimum Gasteiger partial charge on any atom is -0.497 e. The van der Waals surface area contributed by atoms with Crippen molar-refractivity contribution in [2.45, 2.75) is 13.5 Å². The molecule has 26 heavy (non-hydrogen) atoms. The van der Waals surface area contributed by atoms with Gasteiger partial charge in [0.1, 0.15) is 5.75 Å². The van der Waals surface area contributed by atoms with Crippen molar-refractivity contribution in [2.24, 2.45) is 0 Å². The Morgan fingerprint density at radius 2 is 2.04 bits per heavy atom. The van der Waals surface area contributed by atoms with Crippen molar-refractivity contribution in [1.29, 1.82) is 0 Å². The van der Waals surface area contributed by atoms with E-state index in [2.05, 4.69) is 5.32 Å². The van der Waals surface area contributed by atoms with Crippen LogP contribution in [0.5, 0.6) is 17.2 Å². The average Bonchev–Trinajstić information content (AvgIpc) is 3.11. The number of anilines is 1. The molecule has 1 N–H and O–H groups in total. The van der Waals surface area contributed by atoms with Crippen LogP contribution in [-0.2, 0) is 11.3 Å². The van der Waals surface area contributed by atoms with Crippen LogP contribution < -0.4 is 19.5 Å². The molecule has 2 aromatic carbocycles. The van der Waals surface area contributed by atoms with Gasteiger partial charge in [-0.15, -0.1) is 0 Å². The van der Waals surface area contributed by atoms with Gasteiger partial charge in [0.05, 0.1) is 18.7 Å². The van der Waals surface area contributed by atoms with Crippen LogP contribution in [0, 0.1) is 0 Å². The molecular formula is C19H21ClN2O4. The van der Waals surface area contributed by atoms with Gasteiger partial charge in [0.15, 0.2) is 11.5 Å². The summed E-state index contributed by atoms with van der Waals surface area (Å²) in [6, 6.07) is 11.0. The van der Waals surface area contributed by atoms with Crippen LogP contribution in [0.3, 0.4) is 0 Å². The summed E-state index contributed by atoms with van der Waals surface area (Å²) >= 11 is 6.23. The number of methoxy groups -OCH3 is 1. The first kappa shape index (κ1) is 18.4. The third kappa shape index (κ3) is 4.39. The molecule has 0 bridgehead atoms. The highest BCUT2D eigenvalue weighted by atomic mass is 35.5. The number of nitrogens with one attached hydrogen (secondary N) is 1. The molecule has 7 heteroatoms. The fourth-order valence-corrected chi connectivity index (χ4v) is 3.02. The maximum absolute atomic E-state index is 12.3. The van der Waals surface area contributed by atoms with Gasteiger partial charge >= 0.3 is 0 Å². The summed E-state index contributed by atoms with van der Waals surface area (Å²) in [5.74, 6) is 1.89. The van der Waals surface area contributed by atoms with Crippen molar-refractivity contribution < 1.29 is 19.0 Å². The molecule has 6 nitrogen and oxygen atoms in total. The lowest BCUT2D eigenvalue weighted by molar-refractivity contribution is -0.117. The van der Waals surface area contributed by atoms with E-state index in [0.29, 0.717) is 23.1 Å². The quantitative estimate of drug-likeness (QED) is 0.801. The zero-order chi connectivity index (χ0) is 18.5. The van der Waals surface area contributed by atoms with E-state index < -0.39 is 0 Å². The minimum atomic E-state index is -0.0798. The van der Waals surface area contributed by atoms with Crippen LogP contribution in [0.15, 0.2) is 36.4 Å². The molecule has 2 aromatic rings. The average molecular weight is 377 g/mol. The van der Waals surface area contributed by atoms with E-state index in [1.165, 1.54) is 0 Å². The van der Waals surface area contributed by atoms with Gasteiger partial charge in [-0.05, 0) is 48.5 Å². The predicted molar refractivity (Wildman–Crippen MR) is 100 cm³/mol. The second kappa shape index (κ2) is 8.29. The molecule has 138 valence electrons. The minimum absolute atomic E-state index is 0.0798. The first-order valence-electron chi connectivity index (χ1n) is 8.33. The van der Waals surface area contributed by atoms with Gasteiger partial charge in [0.25, 0.3) is 0 Å². The highest BCUT2D eigenvalue weighted by molar-refractivity contribution is 6.32. The lowest BCUT2D eigenvalue weighted by atomic mass is 10.2. The number of fused-ring (bicyclic) bond motifs is 1. The Labute approximate surface area is 157 Å². The van der Waals surface area contributed by atoms with E-state index in [9.17, 15) is 4.79 Å². The zero-order valence-corrected chi connectivity index (χ0v) is 15.5. The number of rotatable bonds is 7. The van der Waals surface area contributed by atoms with Crippen LogP contribution in [0.25, 0.3) is 0 Å². The summed E-state index contributed by atoms with van der Waals surface area (Å²) in [5, 5.41) is 3.41. The Balaban J connectivity index is 1.60. The van der Waals surface area contributed by atoms with Gasteiger partial charge in [-0.3, -0.25) is 9.69 Å². The second-order valence-electron chi connectivity index (χ2n) is 5.89. The summed E-state index contributed by atoms with van der Waals surface area (Å²) in [5.41, 5.74) is 1.70. The molecule has 1 aliphatic heterocycles. The van der Waals surface area contributed by atoms with Gasteiger partial charge in [0, 0.05) is 12.2 Å². The first-order chi connectivity index (χ1) is 12.6. The molecule has 0 saturated carbocycles. The van der Waals surface area contributed by atoms with E-state index in [-0.39, 0.29) is 19.2 Å². The van der Waals surface area contributed by atoms with E-state index in [0.717, 1.165) is 23.5 Å². The second-order valence-corrected chi connectivity index (χ2v) is 6.30. The number of hydrogen-bond acceptors (Lipinski definition) is 5.